The van der Waals surface area contributed by atoms with Crippen molar-refractivity contribution in [1.82, 2.24) is 14.9 Å². The minimum absolute atomic E-state index is 0.311. The maximum absolute atomic E-state index is 13.6. The van der Waals surface area contributed by atoms with Gasteiger partial charge in [-0.2, -0.15) is 13.2 Å². The third-order valence-electron chi connectivity index (χ3n) is 7.73. The third kappa shape index (κ3) is 5.60. The molecule has 224 valence electrons. The van der Waals surface area contributed by atoms with Crippen molar-refractivity contribution in [3.8, 4) is 22.9 Å². The lowest BCUT2D eigenvalue weighted by atomic mass is 9.96. The molecule has 0 amide bonds. The summed E-state index contributed by atoms with van der Waals surface area (Å²) in [7, 11) is 1.61. The van der Waals surface area contributed by atoms with Crippen molar-refractivity contribution in [2.45, 2.75) is 32.1 Å². The quantitative estimate of drug-likeness (QED) is 0.186. The lowest BCUT2D eigenvalue weighted by molar-refractivity contribution is -0.137. The first-order valence-corrected chi connectivity index (χ1v) is 14.3. The average Bonchev–Trinajstić information content (AvgIpc) is 3.52. The van der Waals surface area contributed by atoms with Crippen LogP contribution in [0.4, 0.5) is 18.9 Å². The molecule has 0 radical (unpaired) electrons. The van der Waals surface area contributed by atoms with Crippen LogP contribution in [0, 0.1) is 13.8 Å². The molecule has 0 aliphatic carbocycles. The highest BCUT2D eigenvalue weighted by Crippen LogP contribution is 2.44. The van der Waals surface area contributed by atoms with Gasteiger partial charge in [-0.25, -0.2) is 0 Å². The zero-order valence-corrected chi connectivity index (χ0v) is 25.0. The molecule has 1 fully saturated rings. The summed E-state index contributed by atoms with van der Waals surface area (Å²) in [6.45, 7) is 3.81. The van der Waals surface area contributed by atoms with Crippen LogP contribution in [-0.4, -0.2) is 21.8 Å². The Morgan fingerprint density at radius 1 is 0.818 bits per heavy atom. The van der Waals surface area contributed by atoms with Gasteiger partial charge in [-0.15, -0.1) is 0 Å². The van der Waals surface area contributed by atoms with E-state index in [1.165, 1.54) is 12.1 Å². The number of hydrogen-bond donors (Lipinski definition) is 1. The van der Waals surface area contributed by atoms with Crippen LogP contribution in [-0.2, 0) is 6.18 Å². The second-order valence-corrected chi connectivity index (χ2v) is 10.9. The monoisotopic (exact) mass is 614 g/mol. The number of aryl methyl sites for hydroxylation is 1. The molecule has 1 aliphatic rings. The fourth-order valence-corrected chi connectivity index (χ4v) is 6.06. The Hall–Kier alpha value is -4.83. The van der Waals surface area contributed by atoms with E-state index in [1.807, 2.05) is 96.1 Å². The topological polar surface area (TPSA) is 51.6 Å². The fraction of sp³-hybridized carbons (Fsp3) is 0.176. The molecule has 1 saturated heterocycles. The number of rotatable bonds is 7. The lowest BCUT2D eigenvalue weighted by Crippen LogP contribution is -2.29. The van der Waals surface area contributed by atoms with Crippen LogP contribution < -0.4 is 19.7 Å². The summed E-state index contributed by atoms with van der Waals surface area (Å²) in [6.07, 6.45) is -2.71. The Balaban J connectivity index is 1.39. The van der Waals surface area contributed by atoms with E-state index in [1.54, 1.807) is 19.4 Å². The predicted octanol–water partition coefficient (Wildman–Crippen LogP) is 8.49. The average molecular weight is 615 g/mol. The molecule has 1 N–H and O–H groups in total. The molecule has 44 heavy (non-hydrogen) atoms. The normalized spacial score (nSPS) is 16.6. The maximum atomic E-state index is 13.6. The first-order chi connectivity index (χ1) is 21.1. The molecule has 3 aromatic carbocycles. The lowest BCUT2D eigenvalue weighted by Gasteiger charge is -2.28. The number of hydrogen-bond acceptors (Lipinski definition) is 4. The molecular weight excluding hydrogens is 585 g/mol. The molecule has 0 bridgehead atoms. The van der Waals surface area contributed by atoms with Gasteiger partial charge in [-0.3, -0.25) is 4.98 Å². The van der Waals surface area contributed by atoms with Gasteiger partial charge in [0.2, 0.25) is 0 Å². The summed E-state index contributed by atoms with van der Waals surface area (Å²) < 4.78 is 53.8. The molecular formula is C34H29F3N4O2S. The summed E-state index contributed by atoms with van der Waals surface area (Å²) in [5, 5.41) is 3.96. The van der Waals surface area contributed by atoms with Crippen molar-refractivity contribution < 1.29 is 22.6 Å². The van der Waals surface area contributed by atoms with Gasteiger partial charge in [0.05, 0.1) is 30.5 Å². The maximum Gasteiger partial charge on any atom is 0.416 e. The van der Waals surface area contributed by atoms with E-state index in [0.29, 0.717) is 22.3 Å². The Morgan fingerprint density at radius 3 is 2.14 bits per heavy atom. The third-order valence-corrected chi connectivity index (χ3v) is 8.04. The Bertz CT molecular complexity index is 1790. The highest BCUT2D eigenvalue weighted by molar-refractivity contribution is 7.80. The van der Waals surface area contributed by atoms with Crippen molar-refractivity contribution in [2.75, 3.05) is 12.0 Å². The second-order valence-electron chi connectivity index (χ2n) is 10.5. The van der Waals surface area contributed by atoms with E-state index in [9.17, 15) is 13.2 Å². The van der Waals surface area contributed by atoms with Crippen molar-refractivity contribution in [3.63, 3.8) is 0 Å². The number of thiocarbonyl (C=S) groups is 1. The largest absolute Gasteiger partial charge is 0.497 e. The van der Waals surface area contributed by atoms with E-state index < -0.39 is 11.7 Å². The molecule has 2 unspecified atom stereocenters. The van der Waals surface area contributed by atoms with Crippen molar-refractivity contribution in [1.29, 1.82) is 0 Å². The van der Waals surface area contributed by atoms with Gasteiger partial charge in [-0.05, 0) is 117 Å². The fourth-order valence-electron chi connectivity index (χ4n) is 5.71. The van der Waals surface area contributed by atoms with E-state index in [0.717, 1.165) is 40.1 Å². The molecule has 6 nitrogen and oxygen atoms in total. The summed E-state index contributed by atoms with van der Waals surface area (Å²) in [5.74, 6) is 2.06. The summed E-state index contributed by atoms with van der Waals surface area (Å²) in [4.78, 5) is 6.65. The number of halogens is 3. The molecule has 3 heterocycles. The van der Waals surface area contributed by atoms with Crippen LogP contribution in [0.15, 0.2) is 103 Å². The zero-order valence-electron chi connectivity index (χ0n) is 24.2. The standard InChI is InChI=1S/C34H29F3N4O2S/c1-21-19-29(22(2)40(21)25-8-6-7-23(20-25)34(35,36)37)32-31(30-9-4-5-18-38-30)39-33(44)41(32)24-10-12-27(13-11-24)43-28-16-14-26(42-3)15-17-28/h4-20,31-32H,1-3H3,(H,39,44). The highest BCUT2D eigenvalue weighted by atomic mass is 32.1. The Morgan fingerprint density at radius 2 is 1.50 bits per heavy atom. The Labute approximate surface area is 258 Å². The predicted molar refractivity (Wildman–Crippen MR) is 168 cm³/mol. The number of methoxy groups -OCH3 is 1. The minimum Gasteiger partial charge on any atom is -0.497 e. The number of nitrogens with one attached hydrogen (secondary N) is 1. The van der Waals surface area contributed by atoms with Crippen LogP contribution in [0.3, 0.4) is 0 Å². The number of benzene rings is 3. The number of alkyl halides is 3. The van der Waals surface area contributed by atoms with Crippen LogP contribution >= 0.6 is 12.2 Å². The van der Waals surface area contributed by atoms with Gasteiger partial charge >= 0.3 is 6.18 Å². The van der Waals surface area contributed by atoms with Crippen LogP contribution in [0.25, 0.3) is 5.69 Å². The number of anilines is 1. The van der Waals surface area contributed by atoms with Gasteiger partial charge < -0.3 is 24.3 Å². The molecule has 0 saturated carbocycles. The van der Waals surface area contributed by atoms with Crippen molar-refractivity contribution in [3.05, 3.63) is 131 Å². The number of aromatic nitrogens is 2. The number of nitrogens with zero attached hydrogens (tertiary/aromatic N) is 3. The first kappa shape index (κ1) is 29.3. The minimum atomic E-state index is -4.44. The second kappa shape index (κ2) is 11.7. The van der Waals surface area contributed by atoms with Crippen LogP contribution in [0.5, 0.6) is 17.2 Å². The molecule has 2 atom stereocenters. The van der Waals surface area contributed by atoms with Crippen molar-refractivity contribution in [2.24, 2.45) is 0 Å². The van der Waals surface area contributed by atoms with Gasteiger partial charge in [0.1, 0.15) is 17.2 Å². The molecule has 2 aromatic heterocycles. The number of ether oxygens (including phenoxy) is 2. The SMILES string of the molecule is COc1ccc(Oc2ccc(N3C(=S)NC(c4ccccn4)C3c3cc(C)n(-c4cccc(C(F)(F)F)c4)c3C)cc2)cc1. The Kier molecular flexibility index (Phi) is 7.77. The summed E-state index contributed by atoms with van der Waals surface area (Å²) in [5.41, 5.74) is 3.90. The smallest absolute Gasteiger partial charge is 0.416 e. The van der Waals surface area contributed by atoms with Crippen LogP contribution in [0.2, 0.25) is 0 Å². The number of pyridine rings is 1. The summed E-state index contributed by atoms with van der Waals surface area (Å²) in [6, 6.07) is 27.4. The molecule has 1 aliphatic heterocycles. The van der Waals surface area contributed by atoms with E-state index >= 15 is 0 Å². The summed E-state index contributed by atoms with van der Waals surface area (Å²) >= 11 is 5.88. The van der Waals surface area contributed by atoms with Crippen molar-refractivity contribution >= 4 is 23.0 Å². The molecule has 5 aromatic rings. The highest BCUT2D eigenvalue weighted by Gasteiger charge is 2.42. The van der Waals surface area contributed by atoms with Gasteiger partial charge in [-0.1, -0.05) is 12.1 Å². The molecule has 0 spiro atoms. The van der Waals surface area contributed by atoms with Crippen LogP contribution in [0.1, 0.15) is 40.3 Å². The zero-order chi connectivity index (χ0) is 31.0. The van der Waals surface area contributed by atoms with E-state index in [4.69, 9.17) is 21.7 Å². The van der Waals surface area contributed by atoms with Gasteiger partial charge in [0.15, 0.2) is 5.11 Å². The van der Waals surface area contributed by atoms with Gasteiger partial charge in [0.25, 0.3) is 0 Å². The first-order valence-electron chi connectivity index (χ1n) is 13.9. The van der Waals surface area contributed by atoms with E-state index in [2.05, 4.69) is 10.3 Å². The molecule has 10 heteroatoms. The van der Waals surface area contributed by atoms with Gasteiger partial charge in [0, 0.05) is 29.0 Å². The van der Waals surface area contributed by atoms with E-state index in [-0.39, 0.29) is 12.1 Å². The molecule has 6 rings (SSSR count).